The molecule has 0 aliphatic rings. The van der Waals surface area contributed by atoms with Crippen molar-refractivity contribution in [3.63, 3.8) is 0 Å². The Hall–Kier alpha value is -6.50. The maximum absolute atomic E-state index is 2.35. The molecule has 50 heavy (non-hydrogen) atoms. The molecule has 0 N–H and O–H groups in total. The second-order valence-corrected chi connectivity index (χ2v) is 13.2. The topological polar surface area (TPSA) is 0 Å². The molecule has 0 amide bonds. The van der Waals surface area contributed by atoms with Crippen molar-refractivity contribution in [3.05, 3.63) is 194 Å². The van der Waals surface area contributed by atoms with Crippen LogP contribution in [-0.4, -0.2) is 0 Å². The summed E-state index contributed by atoms with van der Waals surface area (Å²) in [7, 11) is 0. The summed E-state index contributed by atoms with van der Waals surface area (Å²) < 4.78 is 0. The van der Waals surface area contributed by atoms with Crippen LogP contribution in [0.4, 0.5) is 0 Å². The summed E-state index contributed by atoms with van der Waals surface area (Å²) in [4.78, 5) is 0. The number of benzene rings is 10. The van der Waals surface area contributed by atoms with E-state index in [1.54, 1.807) is 0 Å². The molecule has 10 aromatic carbocycles. The molecule has 0 heterocycles. The molecule has 0 saturated heterocycles. The Morgan fingerprint density at radius 3 is 1.40 bits per heavy atom. The second-order valence-electron chi connectivity index (χ2n) is 13.2. The minimum atomic E-state index is 1.22. The van der Waals surface area contributed by atoms with E-state index in [9.17, 15) is 0 Å². The highest BCUT2D eigenvalue weighted by molar-refractivity contribution is 6.26. The van der Waals surface area contributed by atoms with Gasteiger partial charge in [0, 0.05) is 0 Å². The lowest BCUT2D eigenvalue weighted by Crippen LogP contribution is -1.94. The second kappa shape index (κ2) is 11.6. The van der Waals surface area contributed by atoms with Gasteiger partial charge < -0.3 is 0 Å². The van der Waals surface area contributed by atoms with Crippen LogP contribution in [0.5, 0.6) is 0 Å². The summed E-state index contributed by atoms with van der Waals surface area (Å²) in [5, 5.41) is 12.6. The van der Waals surface area contributed by atoms with Crippen molar-refractivity contribution in [2.75, 3.05) is 0 Å². The third-order valence-electron chi connectivity index (χ3n) is 10.4. The fraction of sp³-hybridized carbons (Fsp3) is 0. The lowest BCUT2D eigenvalue weighted by atomic mass is 9.82. The van der Waals surface area contributed by atoms with Crippen molar-refractivity contribution in [2.24, 2.45) is 0 Å². The average Bonchev–Trinajstić information content (AvgIpc) is 3.19. The van der Waals surface area contributed by atoms with E-state index < -0.39 is 0 Å². The highest BCUT2D eigenvalue weighted by atomic mass is 14.2. The average molecular weight is 633 g/mol. The molecule has 0 heteroatoms. The Morgan fingerprint density at radius 2 is 0.680 bits per heavy atom. The molecular weight excluding hydrogens is 601 g/mol. The SMILES string of the molecule is c1ccc2cc(-c3cccc4c(-c5cccc6ccccc56)c5ccccc5c(-c5ccc(-c6cccc7ccccc67)cc5)c34)ccc2c1. The van der Waals surface area contributed by atoms with Crippen molar-refractivity contribution < 1.29 is 0 Å². The molecule has 0 nitrogen and oxygen atoms in total. The minimum Gasteiger partial charge on any atom is -0.0616 e. The van der Waals surface area contributed by atoms with Crippen LogP contribution in [0.25, 0.3) is 98.4 Å². The van der Waals surface area contributed by atoms with Crippen LogP contribution < -0.4 is 0 Å². The first-order chi connectivity index (χ1) is 24.8. The molecule has 0 aliphatic carbocycles. The zero-order valence-corrected chi connectivity index (χ0v) is 27.5. The Kier molecular flexibility index (Phi) is 6.60. The zero-order valence-electron chi connectivity index (χ0n) is 27.5. The van der Waals surface area contributed by atoms with Gasteiger partial charge in [-0.3, -0.25) is 0 Å². The van der Waals surface area contributed by atoms with Crippen LogP contribution in [-0.2, 0) is 0 Å². The predicted molar refractivity (Wildman–Crippen MR) is 216 cm³/mol. The lowest BCUT2D eigenvalue weighted by Gasteiger charge is -2.21. The summed E-state index contributed by atoms with van der Waals surface area (Å²) >= 11 is 0. The van der Waals surface area contributed by atoms with E-state index in [0.717, 1.165) is 0 Å². The number of hydrogen-bond donors (Lipinski definition) is 0. The number of hydrogen-bond acceptors (Lipinski definition) is 0. The van der Waals surface area contributed by atoms with Crippen LogP contribution in [0.3, 0.4) is 0 Å². The number of fused-ring (bicyclic) bond motifs is 5. The summed E-state index contributed by atoms with van der Waals surface area (Å²) in [6, 6.07) is 71.4. The van der Waals surface area contributed by atoms with Crippen LogP contribution >= 0.6 is 0 Å². The number of rotatable bonds is 4. The molecule has 0 aliphatic heterocycles. The molecule has 0 bridgehead atoms. The maximum Gasteiger partial charge on any atom is -0.00141 e. The molecule has 0 fully saturated rings. The van der Waals surface area contributed by atoms with E-state index in [4.69, 9.17) is 0 Å². The van der Waals surface area contributed by atoms with Gasteiger partial charge in [0.05, 0.1) is 0 Å². The van der Waals surface area contributed by atoms with Crippen LogP contribution in [0.1, 0.15) is 0 Å². The quantitative estimate of drug-likeness (QED) is 0.169. The highest BCUT2D eigenvalue weighted by Gasteiger charge is 2.21. The maximum atomic E-state index is 2.35. The fourth-order valence-electron chi connectivity index (χ4n) is 8.15. The Morgan fingerprint density at radius 1 is 0.220 bits per heavy atom. The normalized spacial score (nSPS) is 11.6. The summed E-state index contributed by atoms with van der Waals surface area (Å²) in [6.07, 6.45) is 0. The molecule has 0 spiro atoms. The standard InChI is InChI=1S/C50H32/c1-2-15-38-32-39(31-26-33(38)12-1)43-23-11-25-47-49(44-24-10-17-35-14-4-6-19-42(35)44)46-21-8-7-20-45(46)48(50(43)47)37-29-27-36(28-30-37)41-22-9-16-34-13-3-5-18-40(34)41/h1-32H. The minimum absolute atomic E-state index is 1.22. The first kappa shape index (κ1) is 28.5. The molecule has 0 unspecified atom stereocenters. The van der Waals surface area contributed by atoms with Crippen LogP contribution in [0.2, 0.25) is 0 Å². The van der Waals surface area contributed by atoms with Gasteiger partial charge in [-0.15, -0.1) is 0 Å². The van der Waals surface area contributed by atoms with E-state index in [2.05, 4.69) is 194 Å². The van der Waals surface area contributed by atoms with Gasteiger partial charge in [0.15, 0.2) is 0 Å². The van der Waals surface area contributed by atoms with Gasteiger partial charge in [-0.25, -0.2) is 0 Å². The van der Waals surface area contributed by atoms with Gasteiger partial charge >= 0.3 is 0 Å². The Labute approximate surface area is 291 Å². The third-order valence-corrected chi connectivity index (χ3v) is 10.4. The van der Waals surface area contributed by atoms with Crippen molar-refractivity contribution in [2.45, 2.75) is 0 Å². The predicted octanol–water partition coefficient (Wildman–Crippen LogP) is 14.1. The monoisotopic (exact) mass is 632 g/mol. The Balaban J connectivity index is 1.30. The van der Waals surface area contributed by atoms with Crippen molar-refractivity contribution in [3.8, 4) is 44.5 Å². The van der Waals surface area contributed by atoms with Gasteiger partial charge in [0.25, 0.3) is 0 Å². The summed E-state index contributed by atoms with van der Waals surface area (Å²) in [5.41, 5.74) is 9.98. The summed E-state index contributed by atoms with van der Waals surface area (Å²) in [6.45, 7) is 0. The van der Waals surface area contributed by atoms with Gasteiger partial charge in [-0.05, 0) is 104 Å². The van der Waals surface area contributed by atoms with Gasteiger partial charge in [-0.1, -0.05) is 188 Å². The Bertz CT molecular complexity index is 2900. The molecule has 10 rings (SSSR count). The zero-order chi connectivity index (χ0) is 33.0. The van der Waals surface area contributed by atoms with Gasteiger partial charge in [0.2, 0.25) is 0 Å². The first-order valence-electron chi connectivity index (χ1n) is 17.4. The molecule has 0 atom stereocenters. The molecular formula is C50H32. The van der Waals surface area contributed by atoms with Gasteiger partial charge in [0.1, 0.15) is 0 Å². The summed E-state index contributed by atoms with van der Waals surface area (Å²) in [5.74, 6) is 0. The third kappa shape index (κ3) is 4.54. The van der Waals surface area contributed by atoms with E-state index in [1.807, 2.05) is 0 Å². The van der Waals surface area contributed by atoms with Crippen molar-refractivity contribution in [1.29, 1.82) is 0 Å². The molecule has 0 radical (unpaired) electrons. The van der Waals surface area contributed by atoms with Gasteiger partial charge in [-0.2, -0.15) is 0 Å². The smallest absolute Gasteiger partial charge is 0.00141 e. The largest absolute Gasteiger partial charge is 0.0616 e. The van der Waals surface area contributed by atoms with Crippen molar-refractivity contribution >= 4 is 53.9 Å². The molecule has 0 saturated carbocycles. The highest BCUT2D eigenvalue weighted by Crippen LogP contribution is 2.48. The fourth-order valence-corrected chi connectivity index (χ4v) is 8.15. The van der Waals surface area contributed by atoms with Crippen LogP contribution in [0, 0.1) is 0 Å². The van der Waals surface area contributed by atoms with E-state index in [0.29, 0.717) is 0 Å². The van der Waals surface area contributed by atoms with E-state index in [-0.39, 0.29) is 0 Å². The van der Waals surface area contributed by atoms with E-state index in [1.165, 1.54) is 98.4 Å². The lowest BCUT2D eigenvalue weighted by molar-refractivity contribution is 1.63. The molecule has 0 aromatic heterocycles. The molecule has 232 valence electrons. The van der Waals surface area contributed by atoms with Crippen molar-refractivity contribution in [1.82, 2.24) is 0 Å². The molecule has 10 aromatic rings. The van der Waals surface area contributed by atoms with E-state index >= 15 is 0 Å². The first-order valence-corrected chi connectivity index (χ1v) is 17.4. The van der Waals surface area contributed by atoms with Crippen LogP contribution in [0.15, 0.2) is 194 Å².